The van der Waals surface area contributed by atoms with Crippen LogP contribution in [0, 0.1) is 0 Å². The van der Waals surface area contributed by atoms with Crippen LogP contribution in [-0.2, 0) is 19.1 Å². The van der Waals surface area contributed by atoms with Crippen molar-refractivity contribution in [1.82, 2.24) is 0 Å². The summed E-state index contributed by atoms with van der Waals surface area (Å²) in [5.74, 6) is -1.26. The number of esters is 2. The molecule has 0 aromatic carbocycles. The minimum absolute atomic E-state index is 0.196. The predicted molar refractivity (Wildman–Crippen MR) is 37.8 cm³/mol. The van der Waals surface area contributed by atoms with Gasteiger partial charge in [-0.3, -0.25) is 9.59 Å². The van der Waals surface area contributed by atoms with Crippen molar-refractivity contribution < 1.29 is 29.0 Å². The van der Waals surface area contributed by atoms with E-state index < -0.39 is 18.2 Å². The summed E-state index contributed by atoms with van der Waals surface area (Å²) in [5.41, 5.74) is 0. The molecule has 1 aliphatic rings. The molecular weight excluding hydrogens is 180 g/mol. The Morgan fingerprint density at radius 3 is 2.77 bits per heavy atom. The van der Waals surface area contributed by atoms with Gasteiger partial charge in [-0.15, -0.1) is 0 Å². The van der Waals surface area contributed by atoms with E-state index >= 15 is 0 Å². The average molecular weight is 188 g/mol. The summed E-state index contributed by atoms with van der Waals surface area (Å²) < 4.78 is 8.51. The lowest BCUT2D eigenvalue weighted by atomic mass is 10.2. The smallest absolute Gasteiger partial charge is 0.462 e. The minimum atomic E-state index is -1.64. The third-order valence-electron chi connectivity index (χ3n) is 1.56. The van der Waals surface area contributed by atoms with Gasteiger partial charge in [0.1, 0.15) is 6.10 Å². The lowest BCUT2D eigenvalue weighted by Crippen LogP contribution is -2.17. The normalized spacial score (nSPS) is 20.9. The Morgan fingerprint density at radius 1 is 1.62 bits per heavy atom. The Morgan fingerprint density at radius 2 is 2.31 bits per heavy atom. The lowest BCUT2D eigenvalue weighted by molar-refractivity contribution is -0.146. The van der Waals surface area contributed by atoms with Crippen molar-refractivity contribution in [2.45, 2.75) is 25.4 Å². The molecule has 0 bridgehead atoms. The minimum Gasteiger partial charge on any atom is -0.462 e. The maximum Gasteiger partial charge on any atom is 0.513 e. The van der Waals surface area contributed by atoms with Crippen molar-refractivity contribution in [3.63, 3.8) is 0 Å². The zero-order chi connectivity index (χ0) is 9.84. The fourth-order valence-electron chi connectivity index (χ4n) is 1.05. The molecule has 0 amide bonds. The number of hydrogen-bond acceptors (Lipinski definition) is 5. The first-order valence-corrected chi connectivity index (χ1v) is 3.71. The summed E-state index contributed by atoms with van der Waals surface area (Å²) >= 11 is 0. The van der Waals surface area contributed by atoms with E-state index in [0.29, 0.717) is 6.42 Å². The van der Waals surface area contributed by atoms with Crippen molar-refractivity contribution in [3.05, 3.63) is 0 Å². The molecule has 0 spiro atoms. The largest absolute Gasteiger partial charge is 0.513 e. The Bertz CT molecular complexity index is 245. The van der Waals surface area contributed by atoms with E-state index in [1.54, 1.807) is 0 Å². The molecule has 0 radical (unpaired) electrons. The van der Waals surface area contributed by atoms with Crippen LogP contribution in [0.25, 0.3) is 0 Å². The van der Waals surface area contributed by atoms with Crippen LogP contribution in [0.5, 0.6) is 0 Å². The van der Waals surface area contributed by atoms with Gasteiger partial charge in [0.05, 0.1) is 6.42 Å². The predicted octanol–water partition coefficient (Wildman–Crippen LogP) is 0.303. The summed E-state index contributed by atoms with van der Waals surface area (Å²) in [7, 11) is 0. The molecule has 0 saturated carbocycles. The molecule has 13 heavy (non-hydrogen) atoms. The molecule has 1 unspecified atom stereocenters. The summed E-state index contributed by atoms with van der Waals surface area (Å²) in [6.45, 7) is 0. The van der Waals surface area contributed by atoms with Crippen LogP contribution in [0.3, 0.4) is 0 Å². The zero-order valence-electron chi connectivity index (χ0n) is 6.69. The summed E-state index contributed by atoms with van der Waals surface area (Å²) in [5, 5.41) is 8.06. The molecular formula is C7H8O6. The fourth-order valence-corrected chi connectivity index (χ4v) is 1.05. The highest BCUT2D eigenvalue weighted by atomic mass is 16.7. The average Bonchev–Trinajstić information content (AvgIpc) is 2.33. The van der Waals surface area contributed by atoms with Crippen molar-refractivity contribution in [2.24, 2.45) is 0 Å². The maximum absolute atomic E-state index is 10.7. The molecule has 1 atom stereocenters. The third kappa shape index (κ3) is 3.10. The first kappa shape index (κ1) is 9.50. The molecule has 6 heteroatoms. The Balaban J connectivity index is 2.28. The van der Waals surface area contributed by atoms with Crippen molar-refractivity contribution in [1.29, 1.82) is 0 Å². The highest BCUT2D eigenvalue weighted by Crippen LogP contribution is 2.16. The highest BCUT2D eigenvalue weighted by molar-refractivity contribution is 5.82. The van der Waals surface area contributed by atoms with Gasteiger partial charge >= 0.3 is 18.1 Å². The molecule has 0 aromatic heterocycles. The first-order chi connectivity index (χ1) is 6.08. The molecule has 1 aliphatic heterocycles. The number of carbonyl (C=O) groups excluding carboxylic acids is 2. The molecule has 6 nitrogen and oxygen atoms in total. The number of ether oxygens (including phenoxy) is 2. The van der Waals surface area contributed by atoms with Gasteiger partial charge in [0.25, 0.3) is 0 Å². The Kier molecular flexibility index (Phi) is 2.84. The summed E-state index contributed by atoms with van der Waals surface area (Å²) in [4.78, 5) is 31.2. The summed E-state index contributed by atoms with van der Waals surface area (Å²) in [6.07, 6.45) is -1.66. The fraction of sp³-hybridized carbons (Fsp3) is 0.571. The molecule has 1 heterocycles. The van der Waals surface area contributed by atoms with Gasteiger partial charge < -0.3 is 14.6 Å². The number of cyclic esters (lactones) is 1. The van der Waals surface area contributed by atoms with Gasteiger partial charge in [0.15, 0.2) is 0 Å². The van der Waals surface area contributed by atoms with Crippen LogP contribution in [0.4, 0.5) is 4.79 Å². The molecule has 1 rings (SSSR count). The SMILES string of the molecule is O=C(O)OC(=O)CC1CCC(=O)O1. The van der Waals surface area contributed by atoms with Crippen LogP contribution in [0.2, 0.25) is 0 Å². The van der Waals surface area contributed by atoms with Gasteiger partial charge in [-0.25, -0.2) is 4.79 Å². The molecule has 72 valence electrons. The molecule has 1 saturated heterocycles. The highest BCUT2D eigenvalue weighted by Gasteiger charge is 2.26. The lowest BCUT2D eigenvalue weighted by Gasteiger charge is -2.05. The van der Waals surface area contributed by atoms with E-state index in [-0.39, 0.29) is 18.8 Å². The van der Waals surface area contributed by atoms with Gasteiger partial charge in [-0.2, -0.15) is 0 Å². The summed E-state index contributed by atoms with van der Waals surface area (Å²) in [6, 6.07) is 0. The second kappa shape index (κ2) is 3.88. The quantitative estimate of drug-likeness (QED) is 0.495. The number of hydrogen-bond donors (Lipinski definition) is 1. The topological polar surface area (TPSA) is 89.9 Å². The third-order valence-corrected chi connectivity index (χ3v) is 1.56. The first-order valence-electron chi connectivity index (χ1n) is 3.71. The number of rotatable bonds is 2. The van der Waals surface area contributed by atoms with Crippen LogP contribution >= 0.6 is 0 Å². The van der Waals surface area contributed by atoms with Crippen molar-refractivity contribution in [2.75, 3.05) is 0 Å². The van der Waals surface area contributed by atoms with Crippen LogP contribution in [-0.4, -0.2) is 29.3 Å². The van der Waals surface area contributed by atoms with E-state index in [1.807, 2.05) is 0 Å². The van der Waals surface area contributed by atoms with E-state index in [0.717, 1.165) is 0 Å². The van der Waals surface area contributed by atoms with Crippen LogP contribution in [0.15, 0.2) is 0 Å². The molecule has 1 fully saturated rings. The van der Waals surface area contributed by atoms with E-state index in [9.17, 15) is 14.4 Å². The Hall–Kier alpha value is -1.59. The number of carbonyl (C=O) groups is 3. The Labute approximate surface area is 73.4 Å². The van der Waals surface area contributed by atoms with Crippen molar-refractivity contribution in [3.8, 4) is 0 Å². The van der Waals surface area contributed by atoms with E-state index in [2.05, 4.69) is 9.47 Å². The zero-order valence-corrected chi connectivity index (χ0v) is 6.69. The van der Waals surface area contributed by atoms with Crippen LogP contribution in [0.1, 0.15) is 19.3 Å². The second-order valence-corrected chi connectivity index (χ2v) is 2.59. The molecule has 0 aliphatic carbocycles. The standard InChI is InChI=1S/C7H8O6/c8-5-2-1-4(12-5)3-6(9)13-7(10)11/h4H,1-3H2,(H,10,11). The van der Waals surface area contributed by atoms with Crippen molar-refractivity contribution >= 4 is 18.1 Å². The van der Waals surface area contributed by atoms with E-state index in [1.165, 1.54) is 0 Å². The molecule has 0 aromatic rings. The van der Waals surface area contributed by atoms with Gasteiger partial charge in [0, 0.05) is 6.42 Å². The van der Waals surface area contributed by atoms with E-state index in [4.69, 9.17) is 5.11 Å². The monoisotopic (exact) mass is 188 g/mol. The number of carboxylic acid groups (broad SMARTS) is 1. The second-order valence-electron chi connectivity index (χ2n) is 2.59. The van der Waals surface area contributed by atoms with Gasteiger partial charge in [0.2, 0.25) is 0 Å². The van der Waals surface area contributed by atoms with Gasteiger partial charge in [-0.05, 0) is 6.42 Å². The van der Waals surface area contributed by atoms with Gasteiger partial charge in [-0.1, -0.05) is 0 Å². The van der Waals surface area contributed by atoms with Crippen LogP contribution < -0.4 is 0 Å². The molecule has 1 N–H and O–H groups in total. The maximum atomic E-state index is 10.7.